The molecule has 0 atom stereocenters. The SMILES string of the molecule is CN(C)CCCCCCCCCBr. The minimum absolute atomic E-state index is 1.17. The lowest BCUT2D eigenvalue weighted by Gasteiger charge is -2.08. The fraction of sp³-hybridized carbons (Fsp3) is 1.00. The average molecular weight is 250 g/mol. The van der Waals surface area contributed by atoms with Crippen molar-refractivity contribution in [1.29, 1.82) is 0 Å². The molecule has 0 amide bonds. The Morgan fingerprint density at radius 1 is 0.769 bits per heavy atom. The second-order valence-corrected chi connectivity index (χ2v) is 4.76. The first-order valence-electron chi connectivity index (χ1n) is 5.48. The second kappa shape index (κ2) is 10.5. The van der Waals surface area contributed by atoms with Crippen molar-refractivity contribution in [2.75, 3.05) is 26.0 Å². The first-order valence-corrected chi connectivity index (χ1v) is 6.60. The predicted molar refractivity (Wildman–Crippen MR) is 64.7 cm³/mol. The molecule has 80 valence electrons. The maximum atomic E-state index is 3.45. The average Bonchev–Trinajstić information content (AvgIpc) is 2.09. The molecule has 1 nitrogen and oxygen atoms in total. The zero-order valence-electron chi connectivity index (χ0n) is 9.19. The topological polar surface area (TPSA) is 3.24 Å². The van der Waals surface area contributed by atoms with Crippen molar-refractivity contribution in [2.24, 2.45) is 0 Å². The number of hydrogen-bond donors (Lipinski definition) is 0. The molecule has 0 aromatic rings. The lowest BCUT2D eigenvalue weighted by Crippen LogP contribution is -2.12. The maximum Gasteiger partial charge on any atom is 0.00313 e. The highest BCUT2D eigenvalue weighted by molar-refractivity contribution is 9.09. The standard InChI is InChI=1S/C11H24BrN/c1-13(2)11-9-7-5-3-4-6-8-10-12/h3-11H2,1-2H3. The number of rotatable bonds is 9. The fourth-order valence-electron chi connectivity index (χ4n) is 1.41. The summed E-state index contributed by atoms with van der Waals surface area (Å²) in [6.07, 6.45) is 9.80. The monoisotopic (exact) mass is 249 g/mol. The molecule has 0 unspecified atom stereocenters. The Bertz CT molecular complexity index is 94.1. The third-order valence-corrected chi connectivity index (χ3v) is 2.80. The summed E-state index contributed by atoms with van der Waals surface area (Å²) >= 11 is 3.45. The van der Waals surface area contributed by atoms with Crippen LogP contribution in [0.1, 0.15) is 44.9 Å². The van der Waals surface area contributed by atoms with Gasteiger partial charge in [0, 0.05) is 5.33 Å². The Hall–Kier alpha value is 0.440. The van der Waals surface area contributed by atoms with Crippen LogP contribution < -0.4 is 0 Å². The van der Waals surface area contributed by atoms with Gasteiger partial charge in [-0.25, -0.2) is 0 Å². The van der Waals surface area contributed by atoms with Gasteiger partial charge in [0.2, 0.25) is 0 Å². The Kier molecular flexibility index (Phi) is 10.9. The van der Waals surface area contributed by atoms with E-state index in [1.54, 1.807) is 0 Å². The van der Waals surface area contributed by atoms with E-state index >= 15 is 0 Å². The van der Waals surface area contributed by atoms with Crippen molar-refractivity contribution >= 4 is 15.9 Å². The third kappa shape index (κ3) is 12.4. The molecule has 0 aromatic carbocycles. The quantitative estimate of drug-likeness (QED) is 0.445. The van der Waals surface area contributed by atoms with Crippen molar-refractivity contribution < 1.29 is 0 Å². The van der Waals surface area contributed by atoms with Crippen LogP contribution in [0, 0.1) is 0 Å². The van der Waals surface area contributed by atoms with Gasteiger partial charge in [0.25, 0.3) is 0 Å². The molecule has 0 heterocycles. The predicted octanol–water partition coefficient (Wildman–Crippen LogP) is 3.67. The molecule has 0 aliphatic carbocycles. The first-order chi connectivity index (χ1) is 6.27. The van der Waals surface area contributed by atoms with Crippen LogP contribution in [0.4, 0.5) is 0 Å². The van der Waals surface area contributed by atoms with Crippen LogP contribution in [0.5, 0.6) is 0 Å². The number of alkyl halides is 1. The van der Waals surface area contributed by atoms with Crippen LogP contribution in [0.2, 0.25) is 0 Å². The van der Waals surface area contributed by atoms with Gasteiger partial charge in [-0.3, -0.25) is 0 Å². The normalized spacial score (nSPS) is 11.1. The highest BCUT2D eigenvalue weighted by atomic mass is 79.9. The summed E-state index contributed by atoms with van der Waals surface area (Å²) in [6.45, 7) is 1.25. The Balaban J connectivity index is 2.84. The summed E-state index contributed by atoms with van der Waals surface area (Å²) in [5.41, 5.74) is 0. The van der Waals surface area contributed by atoms with Gasteiger partial charge in [0.15, 0.2) is 0 Å². The molecular weight excluding hydrogens is 226 g/mol. The molecule has 0 aliphatic rings. The molecule has 0 aromatic heterocycles. The van der Waals surface area contributed by atoms with E-state index in [1.807, 2.05) is 0 Å². The summed E-state index contributed by atoms with van der Waals surface area (Å²) in [7, 11) is 4.30. The van der Waals surface area contributed by atoms with Crippen LogP contribution in [0.25, 0.3) is 0 Å². The Morgan fingerprint density at radius 2 is 1.23 bits per heavy atom. The van der Waals surface area contributed by atoms with Crippen molar-refractivity contribution in [3.05, 3.63) is 0 Å². The van der Waals surface area contributed by atoms with Gasteiger partial charge in [-0.1, -0.05) is 48.0 Å². The van der Waals surface area contributed by atoms with E-state index in [4.69, 9.17) is 0 Å². The molecule has 0 saturated heterocycles. The fourth-order valence-corrected chi connectivity index (χ4v) is 1.80. The van der Waals surface area contributed by atoms with E-state index in [9.17, 15) is 0 Å². The number of nitrogens with zero attached hydrogens (tertiary/aromatic N) is 1. The molecule has 0 fully saturated rings. The van der Waals surface area contributed by atoms with Gasteiger partial charge in [-0.15, -0.1) is 0 Å². The zero-order valence-corrected chi connectivity index (χ0v) is 10.8. The maximum absolute atomic E-state index is 3.45. The lowest BCUT2D eigenvalue weighted by molar-refractivity contribution is 0.389. The Labute approximate surface area is 92.0 Å². The number of halogens is 1. The van der Waals surface area contributed by atoms with Gasteiger partial charge in [-0.05, 0) is 33.5 Å². The van der Waals surface area contributed by atoms with E-state index < -0.39 is 0 Å². The Morgan fingerprint density at radius 3 is 1.69 bits per heavy atom. The van der Waals surface area contributed by atoms with Gasteiger partial charge >= 0.3 is 0 Å². The number of unbranched alkanes of at least 4 members (excludes halogenated alkanes) is 6. The van der Waals surface area contributed by atoms with Crippen molar-refractivity contribution in [3.8, 4) is 0 Å². The van der Waals surface area contributed by atoms with Crippen LogP contribution in [0.15, 0.2) is 0 Å². The second-order valence-electron chi connectivity index (χ2n) is 3.97. The molecule has 0 radical (unpaired) electrons. The van der Waals surface area contributed by atoms with E-state index in [0.29, 0.717) is 0 Å². The number of hydrogen-bond acceptors (Lipinski definition) is 1. The van der Waals surface area contributed by atoms with E-state index in [-0.39, 0.29) is 0 Å². The van der Waals surface area contributed by atoms with E-state index in [0.717, 1.165) is 0 Å². The molecule has 13 heavy (non-hydrogen) atoms. The molecule has 0 aliphatic heterocycles. The smallest absolute Gasteiger partial charge is 0.00313 e. The minimum atomic E-state index is 1.17. The van der Waals surface area contributed by atoms with E-state index in [2.05, 4.69) is 34.9 Å². The summed E-state index contributed by atoms with van der Waals surface area (Å²) in [4.78, 5) is 2.27. The molecule has 0 saturated carbocycles. The van der Waals surface area contributed by atoms with Crippen LogP contribution in [-0.4, -0.2) is 30.9 Å². The summed E-state index contributed by atoms with van der Waals surface area (Å²) in [5.74, 6) is 0. The van der Waals surface area contributed by atoms with Gasteiger partial charge in [0.1, 0.15) is 0 Å². The van der Waals surface area contributed by atoms with Crippen molar-refractivity contribution in [3.63, 3.8) is 0 Å². The van der Waals surface area contributed by atoms with Crippen molar-refractivity contribution in [2.45, 2.75) is 44.9 Å². The van der Waals surface area contributed by atoms with Crippen LogP contribution in [0.3, 0.4) is 0 Å². The largest absolute Gasteiger partial charge is 0.309 e. The zero-order chi connectivity index (χ0) is 9.94. The van der Waals surface area contributed by atoms with Crippen LogP contribution >= 0.6 is 15.9 Å². The molecule has 0 N–H and O–H groups in total. The van der Waals surface area contributed by atoms with Crippen molar-refractivity contribution in [1.82, 2.24) is 4.90 Å². The summed E-state index contributed by atoms with van der Waals surface area (Å²) < 4.78 is 0. The molecule has 0 bridgehead atoms. The summed E-state index contributed by atoms with van der Waals surface area (Å²) in [5, 5.41) is 1.17. The van der Waals surface area contributed by atoms with Gasteiger partial charge in [0.05, 0.1) is 0 Å². The van der Waals surface area contributed by atoms with Gasteiger partial charge < -0.3 is 4.90 Å². The van der Waals surface area contributed by atoms with Crippen LogP contribution in [-0.2, 0) is 0 Å². The molecular formula is C11H24BrN. The first kappa shape index (κ1) is 13.4. The van der Waals surface area contributed by atoms with Gasteiger partial charge in [-0.2, -0.15) is 0 Å². The highest BCUT2D eigenvalue weighted by Crippen LogP contribution is 2.07. The third-order valence-electron chi connectivity index (χ3n) is 2.24. The highest BCUT2D eigenvalue weighted by Gasteiger charge is 1.92. The molecule has 0 spiro atoms. The summed E-state index contributed by atoms with van der Waals surface area (Å²) in [6, 6.07) is 0. The minimum Gasteiger partial charge on any atom is -0.309 e. The lowest BCUT2D eigenvalue weighted by atomic mass is 10.1. The molecule has 0 rings (SSSR count). The molecule has 2 heteroatoms. The van der Waals surface area contributed by atoms with E-state index in [1.165, 1.54) is 56.8 Å².